The van der Waals surface area contributed by atoms with Crippen molar-refractivity contribution in [1.29, 1.82) is 0 Å². The first kappa shape index (κ1) is 21.0. The van der Waals surface area contributed by atoms with E-state index in [0.29, 0.717) is 35.8 Å². The molecule has 0 bridgehead atoms. The van der Waals surface area contributed by atoms with Crippen LogP contribution in [0.15, 0.2) is 60.7 Å². The quantitative estimate of drug-likeness (QED) is 0.429. The van der Waals surface area contributed by atoms with Crippen LogP contribution in [0.25, 0.3) is 0 Å². The molecule has 0 saturated heterocycles. The highest BCUT2D eigenvalue weighted by Gasteiger charge is 2.19. The van der Waals surface area contributed by atoms with Crippen molar-refractivity contribution in [2.45, 2.75) is 13.0 Å². The predicted octanol–water partition coefficient (Wildman–Crippen LogP) is 3.76. The van der Waals surface area contributed by atoms with E-state index in [1.807, 2.05) is 36.4 Å². The summed E-state index contributed by atoms with van der Waals surface area (Å²) in [5.41, 5.74) is 2.69. The Bertz CT molecular complexity index is 1030. The maximum Gasteiger partial charge on any atom is 0.234 e. The monoisotopic (exact) mass is 435 g/mol. The molecule has 1 aromatic heterocycles. The van der Waals surface area contributed by atoms with Gasteiger partial charge in [0, 0.05) is 32.8 Å². The minimum atomic E-state index is 0.386. The highest BCUT2D eigenvalue weighted by Crippen LogP contribution is 2.28. The fourth-order valence-electron chi connectivity index (χ4n) is 3.40. The van der Waals surface area contributed by atoms with Crippen LogP contribution >= 0.6 is 12.2 Å². The number of fused-ring (bicyclic) bond motifs is 1. The van der Waals surface area contributed by atoms with E-state index in [4.69, 9.17) is 26.7 Å². The molecule has 0 unspecified atom stereocenters. The molecule has 160 valence electrons. The van der Waals surface area contributed by atoms with Crippen LogP contribution in [0.3, 0.4) is 0 Å². The molecule has 2 N–H and O–H groups in total. The molecule has 1 aliphatic rings. The minimum absolute atomic E-state index is 0.386. The van der Waals surface area contributed by atoms with Gasteiger partial charge in [-0.2, -0.15) is 9.97 Å². The first-order chi connectivity index (χ1) is 15.2. The summed E-state index contributed by atoms with van der Waals surface area (Å²) >= 11 is 5.36. The Morgan fingerprint density at radius 1 is 1.06 bits per heavy atom. The molecule has 8 heteroatoms. The number of thiocarbonyl (C=S) groups is 1. The third kappa shape index (κ3) is 5.68. The molecule has 0 fully saturated rings. The summed E-state index contributed by atoms with van der Waals surface area (Å²) in [5.74, 6) is 2.34. The number of hydrogen-bond acceptors (Lipinski definition) is 6. The van der Waals surface area contributed by atoms with Gasteiger partial charge in [-0.3, -0.25) is 0 Å². The van der Waals surface area contributed by atoms with Crippen LogP contribution in [0, 0.1) is 0 Å². The molecule has 2 aromatic carbocycles. The summed E-state index contributed by atoms with van der Waals surface area (Å²) < 4.78 is 11.0. The highest BCUT2D eigenvalue weighted by atomic mass is 32.1. The average molecular weight is 436 g/mol. The molecule has 0 aliphatic carbocycles. The van der Waals surface area contributed by atoms with E-state index in [1.165, 1.54) is 11.1 Å². The Balaban J connectivity index is 1.57. The Kier molecular flexibility index (Phi) is 6.91. The second-order valence-electron chi connectivity index (χ2n) is 7.12. The summed E-state index contributed by atoms with van der Waals surface area (Å²) in [5, 5.41) is 6.57. The van der Waals surface area contributed by atoms with Crippen LogP contribution in [0.4, 0.5) is 11.8 Å². The largest absolute Gasteiger partial charge is 0.439 e. The number of nitrogens with zero attached hydrogens (tertiary/aromatic N) is 3. The van der Waals surface area contributed by atoms with Crippen LogP contribution < -0.4 is 20.3 Å². The van der Waals surface area contributed by atoms with E-state index >= 15 is 0 Å². The molecular formula is C23H25N5O2S. The van der Waals surface area contributed by atoms with Gasteiger partial charge >= 0.3 is 0 Å². The van der Waals surface area contributed by atoms with Crippen LogP contribution in [-0.2, 0) is 17.7 Å². The number of nitrogens with one attached hydrogen (secondary N) is 2. The zero-order valence-corrected chi connectivity index (χ0v) is 18.2. The van der Waals surface area contributed by atoms with Gasteiger partial charge in [-0.05, 0) is 41.9 Å². The summed E-state index contributed by atoms with van der Waals surface area (Å²) in [6.07, 6.45) is 0.967. The summed E-state index contributed by atoms with van der Waals surface area (Å²) in [6.45, 7) is 2.80. The Hall–Kier alpha value is -3.23. The smallest absolute Gasteiger partial charge is 0.234 e. The molecule has 1 aliphatic heterocycles. The van der Waals surface area contributed by atoms with Gasteiger partial charge in [-0.15, -0.1) is 0 Å². The van der Waals surface area contributed by atoms with E-state index in [-0.39, 0.29) is 0 Å². The standard InChI is InChI=1S/C23H25N5O2S/c1-29-14-12-24-23(31)27-22-25-20(15-21(26-22)30-19-9-3-2-4-10-19)28-13-11-17-7-5-6-8-18(17)16-28/h2-10,15H,11-14,16H2,1H3,(H2,24,25,26,27,31). The van der Waals surface area contributed by atoms with Crippen molar-refractivity contribution in [2.24, 2.45) is 0 Å². The predicted molar refractivity (Wildman–Crippen MR) is 126 cm³/mol. The van der Waals surface area contributed by atoms with E-state index in [0.717, 1.165) is 25.3 Å². The molecule has 0 atom stereocenters. The number of aromatic nitrogens is 2. The van der Waals surface area contributed by atoms with Gasteiger partial charge in [0.05, 0.1) is 6.61 Å². The average Bonchev–Trinajstić information content (AvgIpc) is 2.79. The SMILES string of the molecule is COCCNC(=S)Nc1nc(Oc2ccccc2)cc(N2CCc3ccccc3C2)n1. The molecule has 31 heavy (non-hydrogen) atoms. The fraction of sp³-hybridized carbons (Fsp3) is 0.261. The number of ether oxygens (including phenoxy) is 2. The van der Waals surface area contributed by atoms with Crippen LogP contribution in [-0.4, -0.2) is 41.9 Å². The van der Waals surface area contributed by atoms with E-state index in [2.05, 4.69) is 44.8 Å². The summed E-state index contributed by atoms with van der Waals surface area (Å²) in [4.78, 5) is 11.4. The third-order valence-electron chi connectivity index (χ3n) is 4.93. The molecule has 0 saturated carbocycles. The topological polar surface area (TPSA) is 71.5 Å². The van der Waals surface area contributed by atoms with Gasteiger partial charge in [0.25, 0.3) is 0 Å². The minimum Gasteiger partial charge on any atom is -0.439 e. The number of hydrogen-bond donors (Lipinski definition) is 2. The Morgan fingerprint density at radius 2 is 1.84 bits per heavy atom. The van der Waals surface area contributed by atoms with Crippen LogP contribution in [0.5, 0.6) is 11.6 Å². The maximum absolute atomic E-state index is 6.00. The third-order valence-corrected chi connectivity index (χ3v) is 5.17. The first-order valence-electron chi connectivity index (χ1n) is 10.2. The molecule has 4 rings (SSSR count). The lowest BCUT2D eigenvalue weighted by Gasteiger charge is -2.30. The molecule has 0 radical (unpaired) electrons. The van der Waals surface area contributed by atoms with E-state index in [1.54, 1.807) is 7.11 Å². The van der Waals surface area contributed by atoms with Crippen molar-refractivity contribution in [3.05, 3.63) is 71.8 Å². The Labute approximate surface area is 187 Å². The van der Waals surface area contributed by atoms with Crippen molar-refractivity contribution in [3.63, 3.8) is 0 Å². The molecule has 3 aromatic rings. The fourth-order valence-corrected chi connectivity index (χ4v) is 3.59. The first-order valence-corrected chi connectivity index (χ1v) is 10.6. The lowest BCUT2D eigenvalue weighted by atomic mass is 10.00. The number of rotatable bonds is 7. The molecule has 0 amide bonds. The van der Waals surface area contributed by atoms with Crippen LogP contribution in [0.2, 0.25) is 0 Å². The van der Waals surface area contributed by atoms with Crippen molar-refractivity contribution >= 4 is 29.1 Å². The van der Waals surface area contributed by atoms with Gasteiger partial charge < -0.3 is 25.0 Å². The van der Waals surface area contributed by atoms with Gasteiger partial charge in [0.15, 0.2) is 5.11 Å². The Morgan fingerprint density at radius 3 is 2.65 bits per heavy atom. The lowest BCUT2D eigenvalue weighted by Crippen LogP contribution is -2.33. The highest BCUT2D eigenvalue weighted by molar-refractivity contribution is 7.80. The number of benzene rings is 2. The van der Waals surface area contributed by atoms with Gasteiger partial charge in [-0.25, -0.2) is 0 Å². The molecule has 2 heterocycles. The number of para-hydroxylation sites is 1. The zero-order valence-electron chi connectivity index (χ0n) is 17.4. The van der Waals surface area contributed by atoms with Gasteiger partial charge in [0.1, 0.15) is 11.6 Å². The second kappa shape index (κ2) is 10.2. The van der Waals surface area contributed by atoms with Crippen molar-refractivity contribution in [2.75, 3.05) is 37.0 Å². The van der Waals surface area contributed by atoms with E-state index < -0.39 is 0 Å². The van der Waals surface area contributed by atoms with Crippen molar-refractivity contribution in [1.82, 2.24) is 15.3 Å². The lowest BCUT2D eigenvalue weighted by molar-refractivity contribution is 0.204. The van der Waals surface area contributed by atoms with Crippen molar-refractivity contribution in [3.8, 4) is 11.6 Å². The second-order valence-corrected chi connectivity index (χ2v) is 7.53. The number of methoxy groups -OCH3 is 1. The molecule has 0 spiro atoms. The normalized spacial score (nSPS) is 12.7. The summed E-state index contributed by atoms with van der Waals surface area (Å²) in [6, 6.07) is 20.0. The van der Waals surface area contributed by atoms with Crippen molar-refractivity contribution < 1.29 is 9.47 Å². The zero-order chi connectivity index (χ0) is 21.5. The molecular weight excluding hydrogens is 410 g/mol. The molecule has 7 nitrogen and oxygen atoms in total. The van der Waals surface area contributed by atoms with Gasteiger partial charge in [0.2, 0.25) is 11.8 Å². The maximum atomic E-state index is 6.00. The van der Waals surface area contributed by atoms with E-state index in [9.17, 15) is 0 Å². The van der Waals surface area contributed by atoms with Gasteiger partial charge in [-0.1, -0.05) is 42.5 Å². The van der Waals surface area contributed by atoms with Crippen LogP contribution in [0.1, 0.15) is 11.1 Å². The summed E-state index contributed by atoms with van der Waals surface area (Å²) in [7, 11) is 1.65. The number of anilines is 2.